The molecule has 1 atom stereocenters. The van der Waals surface area contributed by atoms with Gasteiger partial charge in [-0.1, -0.05) is 18.2 Å². The Morgan fingerprint density at radius 2 is 2.15 bits per heavy atom. The number of nitrogens with one attached hydrogen (secondary N) is 1. The van der Waals surface area contributed by atoms with E-state index in [4.69, 9.17) is 4.42 Å². The topological polar surface area (TPSA) is 94.2 Å². The van der Waals surface area contributed by atoms with Crippen LogP contribution < -0.4 is 5.32 Å². The van der Waals surface area contributed by atoms with E-state index < -0.39 is 9.84 Å². The number of furan rings is 1. The lowest BCUT2D eigenvalue weighted by molar-refractivity contribution is -0.111. The smallest absolute Gasteiger partial charge is 0.249 e. The van der Waals surface area contributed by atoms with Crippen molar-refractivity contribution in [1.29, 1.82) is 0 Å². The first-order chi connectivity index (χ1) is 12.9. The molecule has 1 aliphatic heterocycles. The summed E-state index contributed by atoms with van der Waals surface area (Å²) in [5, 5.41) is 8.10. The Hall–Kier alpha value is -2.87. The lowest BCUT2D eigenvalue weighted by atomic mass is 10.2. The molecule has 1 aliphatic rings. The van der Waals surface area contributed by atoms with Crippen LogP contribution in [0.3, 0.4) is 0 Å². The minimum absolute atomic E-state index is 0.0474. The largest absolute Gasteiger partial charge is 0.457 e. The highest BCUT2D eigenvalue weighted by molar-refractivity contribution is 7.91. The summed E-state index contributed by atoms with van der Waals surface area (Å²) in [6, 6.07) is 11.0. The summed E-state index contributed by atoms with van der Waals surface area (Å²) in [5.74, 6) is 0.936. The van der Waals surface area contributed by atoms with Gasteiger partial charge < -0.3 is 9.73 Å². The number of hydrogen-bond acceptors (Lipinski definition) is 5. The van der Waals surface area contributed by atoms with E-state index in [1.165, 1.54) is 6.08 Å². The number of aromatic nitrogens is 2. The zero-order chi connectivity index (χ0) is 19.0. The molecule has 1 aromatic carbocycles. The molecule has 0 saturated carbocycles. The first kappa shape index (κ1) is 17.5. The number of fused-ring (bicyclic) bond motifs is 1. The van der Waals surface area contributed by atoms with Gasteiger partial charge in [0.15, 0.2) is 9.84 Å². The number of anilines is 1. The number of hydrogen-bond donors (Lipinski definition) is 1. The molecule has 0 bridgehead atoms. The van der Waals surface area contributed by atoms with Crippen molar-refractivity contribution in [1.82, 2.24) is 9.78 Å². The average molecular weight is 385 g/mol. The van der Waals surface area contributed by atoms with Crippen LogP contribution in [0, 0.1) is 6.92 Å². The number of carbonyl (C=O) groups excluding carboxylic acids is 1. The molecule has 27 heavy (non-hydrogen) atoms. The molecule has 1 amide bonds. The van der Waals surface area contributed by atoms with Crippen LogP contribution in [0.1, 0.15) is 23.9 Å². The predicted molar refractivity (Wildman–Crippen MR) is 103 cm³/mol. The summed E-state index contributed by atoms with van der Waals surface area (Å²) in [6.07, 6.45) is 3.49. The number of aryl methyl sites for hydroxylation is 1. The van der Waals surface area contributed by atoms with Gasteiger partial charge in [-0.25, -0.2) is 13.1 Å². The second-order valence-corrected chi connectivity index (χ2v) is 8.91. The van der Waals surface area contributed by atoms with Crippen LogP contribution >= 0.6 is 0 Å². The predicted octanol–water partition coefficient (Wildman–Crippen LogP) is 2.95. The van der Waals surface area contributed by atoms with Gasteiger partial charge in [0, 0.05) is 17.5 Å². The van der Waals surface area contributed by atoms with Crippen LogP contribution in [0.5, 0.6) is 0 Å². The molecule has 1 N–H and O–H groups in total. The molecule has 0 spiro atoms. The monoisotopic (exact) mass is 385 g/mol. The maximum absolute atomic E-state index is 12.3. The van der Waals surface area contributed by atoms with Crippen LogP contribution in [-0.2, 0) is 14.6 Å². The van der Waals surface area contributed by atoms with Crippen molar-refractivity contribution >= 4 is 38.6 Å². The summed E-state index contributed by atoms with van der Waals surface area (Å²) in [5.41, 5.74) is 1.48. The summed E-state index contributed by atoms with van der Waals surface area (Å²) >= 11 is 0. The Morgan fingerprint density at radius 1 is 1.33 bits per heavy atom. The van der Waals surface area contributed by atoms with Crippen molar-refractivity contribution < 1.29 is 17.6 Å². The molecule has 7 nitrogen and oxygen atoms in total. The number of sulfone groups is 1. The lowest BCUT2D eigenvalue weighted by Gasteiger charge is -2.13. The molecule has 8 heteroatoms. The first-order valence-corrected chi connectivity index (χ1v) is 10.5. The third kappa shape index (κ3) is 3.80. The summed E-state index contributed by atoms with van der Waals surface area (Å²) in [6.45, 7) is 1.81. The molecule has 140 valence electrons. The van der Waals surface area contributed by atoms with Crippen LogP contribution in [0.15, 0.2) is 46.9 Å². The first-order valence-electron chi connectivity index (χ1n) is 8.64. The standard InChI is InChI=1S/C19H19N3O4S/c1-13-10-18(22(21-13)15-8-9-27(24,25)12-15)20-19(23)7-6-16-11-14-4-2-3-5-17(14)26-16/h2-7,10-11,15H,8-9,12H2,1H3,(H,20,23)/b7-6+. The maximum Gasteiger partial charge on any atom is 0.249 e. The molecule has 2 aromatic heterocycles. The average Bonchev–Trinajstić information content (AvgIpc) is 3.29. The molecular weight excluding hydrogens is 366 g/mol. The molecule has 1 unspecified atom stereocenters. The van der Waals surface area contributed by atoms with E-state index in [-0.39, 0.29) is 23.5 Å². The van der Waals surface area contributed by atoms with Crippen molar-refractivity contribution in [2.24, 2.45) is 0 Å². The zero-order valence-corrected chi connectivity index (χ0v) is 15.6. The molecular formula is C19H19N3O4S. The Bertz CT molecular complexity index is 1110. The zero-order valence-electron chi connectivity index (χ0n) is 14.8. The van der Waals surface area contributed by atoms with E-state index in [2.05, 4.69) is 10.4 Å². The van der Waals surface area contributed by atoms with Gasteiger partial charge in [0.05, 0.1) is 23.2 Å². The fraction of sp³-hybridized carbons (Fsp3) is 0.263. The second kappa shape index (κ2) is 6.70. The molecule has 3 heterocycles. The molecule has 4 rings (SSSR count). The van der Waals surface area contributed by atoms with E-state index in [0.29, 0.717) is 18.0 Å². The fourth-order valence-electron chi connectivity index (χ4n) is 3.27. The lowest BCUT2D eigenvalue weighted by Crippen LogP contribution is -2.18. The van der Waals surface area contributed by atoms with Gasteiger partial charge in [-0.3, -0.25) is 4.79 Å². The van der Waals surface area contributed by atoms with Crippen molar-refractivity contribution in [3.05, 3.63) is 53.9 Å². The van der Waals surface area contributed by atoms with Gasteiger partial charge in [-0.05, 0) is 31.6 Å². The Labute approximate surface area is 156 Å². The van der Waals surface area contributed by atoms with Gasteiger partial charge in [-0.2, -0.15) is 5.10 Å². The third-order valence-electron chi connectivity index (χ3n) is 4.51. The normalized spacial score (nSPS) is 19.1. The summed E-state index contributed by atoms with van der Waals surface area (Å²) in [4.78, 5) is 12.3. The van der Waals surface area contributed by atoms with Gasteiger partial charge in [0.25, 0.3) is 0 Å². The van der Waals surface area contributed by atoms with Gasteiger partial charge >= 0.3 is 0 Å². The van der Waals surface area contributed by atoms with E-state index in [1.54, 1.807) is 23.7 Å². The minimum atomic E-state index is -3.04. The highest BCUT2D eigenvalue weighted by atomic mass is 32.2. The third-order valence-corrected chi connectivity index (χ3v) is 6.26. The van der Waals surface area contributed by atoms with Crippen molar-refractivity contribution in [2.45, 2.75) is 19.4 Å². The van der Waals surface area contributed by atoms with Crippen molar-refractivity contribution in [3.8, 4) is 0 Å². The second-order valence-electron chi connectivity index (χ2n) is 6.68. The molecule has 1 saturated heterocycles. The number of carbonyl (C=O) groups is 1. The van der Waals surface area contributed by atoms with E-state index >= 15 is 0 Å². The number of nitrogens with zero attached hydrogens (tertiary/aromatic N) is 2. The molecule has 0 aliphatic carbocycles. The van der Waals surface area contributed by atoms with Crippen LogP contribution in [-0.4, -0.2) is 35.6 Å². The van der Waals surface area contributed by atoms with Gasteiger partial charge in [0.2, 0.25) is 5.91 Å². The van der Waals surface area contributed by atoms with Gasteiger partial charge in [-0.15, -0.1) is 0 Å². The van der Waals surface area contributed by atoms with Crippen molar-refractivity contribution in [2.75, 3.05) is 16.8 Å². The molecule has 1 fully saturated rings. The number of benzene rings is 1. The Kier molecular flexibility index (Phi) is 4.35. The number of rotatable bonds is 4. The summed E-state index contributed by atoms with van der Waals surface area (Å²) in [7, 11) is -3.04. The highest BCUT2D eigenvalue weighted by Gasteiger charge is 2.31. The van der Waals surface area contributed by atoms with E-state index in [0.717, 1.165) is 16.7 Å². The van der Waals surface area contributed by atoms with Gasteiger partial charge in [0.1, 0.15) is 17.2 Å². The van der Waals surface area contributed by atoms with Crippen molar-refractivity contribution in [3.63, 3.8) is 0 Å². The van der Waals surface area contributed by atoms with Crippen LogP contribution in [0.25, 0.3) is 17.0 Å². The van der Waals surface area contributed by atoms with E-state index in [1.807, 2.05) is 30.3 Å². The van der Waals surface area contributed by atoms with E-state index in [9.17, 15) is 13.2 Å². The molecule has 3 aromatic rings. The summed E-state index contributed by atoms with van der Waals surface area (Å²) < 4.78 is 30.7. The highest BCUT2D eigenvalue weighted by Crippen LogP contribution is 2.27. The fourth-order valence-corrected chi connectivity index (χ4v) is 4.96. The van der Waals surface area contributed by atoms with Crippen LogP contribution in [0.2, 0.25) is 0 Å². The molecule has 0 radical (unpaired) electrons. The maximum atomic E-state index is 12.3. The quantitative estimate of drug-likeness (QED) is 0.697. The minimum Gasteiger partial charge on any atom is -0.457 e. The Balaban J connectivity index is 1.50. The van der Waals surface area contributed by atoms with Crippen LogP contribution in [0.4, 0.5) is 5.82 Å². The Morgan fingerprint density at radius 3 is 2.89 bits per heavy atom. The number of para-hydroxylation sites is 1. The SMILES string of the molecule is Cc1cc(NC(=O)/C=C/c2cc3ccccc3o2)n(C2CCS(=O)(=O)C2)n1. The number of amides is 1.